The van der Waals surface area contributed by atoms with Crippen molar-refractivity contribution >= 4 is 17.0 Å². The van der Waals surface area contributed by atoms with Gasteiger partial charge in [0.25, 0.3) is 0 Å². The summed E-state index contributed by atoms with van der Waals surface area (Å²) in [6.45, 7) is 3.16. The van der Waals surface area contributed by atoms with E-state index in [4.69, 9.17) is 0 Å². The summed E-state index contributed by atoms with van der Waals surface area (Å²) >= 11 is 0. The number of aromatic nitrogens is 1. The summed E-state index contributed by atoms with van der Waals surface area (Å²) in [4.78, 5) is 0. The fraction of sp³-hybridized carbons (Fsp3) is 0.185. The molecule has 1 unspecified atom stereocenters. The molecule has 0 bridgehead atoms. The van der Waals surface area contributed by atoms with Crippen molar-refractivity contribution in [3.8, 4) is 0 Å². The van der Waals surface area contributed by atoms with Gasteiger partial charge in [-0.2, -0.15) is 0 Å². The first-order valence-electron chi connectivity index (χ1n) is 10.4. The number of allylic oxidation sites excluding steroid dienone is 1. The standard InChI is InChI=1S/C27H25F2N/c1-2-3-18-30-19-26(25-6-4-5-7-27(25)30)24(21-11-15-23(29)16-12-21)17-10-20-8-13-22(28)14-9-20/h4-17,19,24H,2-3,18H2,1H3/b17-10+. The van der Waals surface area contributed by atoms with E-state index in [1.54, 1.807) is 12.1 Å². The number of aryl methyl sites for hydroxylation is 1. The van der Waals surface area contributed by atoms with Crippen molar-refractivity contribution in [3.63, 3.8) is 0 Å². The van der Waals surface area contributed by atoms with Crippen LogP contribution in [0.1, 0.15) is 42.4 Å². The van der Waals surface area contributed by atoms with Gasteiger partial charge in [0.05, 0.1) is 0 Å². The van der Waals surface area contributed by atoms with Crippen LogP contribution in [0.2, 0.25) is 0 Å². The van der Waals surface area contributed by atoms with E-state index in [2.05, 4.69) is 48.0 Å². The molecule has 30 heavy (non-hydrogen) atoms. The van der Waals surface area contributed by atoms with Gasteiger partial charge in [-0.25, -0.2) is 8.78 Å². The fourth-order valence-electron chi connectivity index (χ4n) is 3.88. The average Bonchev–Trinajstić information content (AvgIpc) is 3.13. The van der Waals surface area contributed by atoms with Gasteiger partial charge >= 0.3 is 0 Å². The molecule has 0 aliphatic rings. The van der Waals surface area contributed by atoms with Crippen molar-refractivity contribution in [2.45, 2.75) is 32.2 Å². The molecule has 0 saturated carbocycles. The number of fused-ring (bicyclic) bond motifs is 1. The third kappa shape index (κ3) is 4.35. The van der Waals surface area contributed by atoms with Gasteiger partial charge in [-0.15, -0.1) is 0 Å². The largest absolute Gasteiger partial charge is 0.347 e. The quantitative estimate of drug-likeness (QED) is 0.301. The molecule has 1 nitrogen and oxygen atoms in total. The van der Waals surface area contributed by atoms with Gasteiger partial charge < -0.3 is 4.57 Å². The van der Waals surface area contributed by atoms with E-state index in [-0.39, 0.29) is 17.6 Å². The van der Waals surface area contributed by atoms with Crippen LogP contribution in [0.3, 0.4) is 0 Å². The molecule has 0 N–H and O–H groups in total. The molecule has 0 radical (unpaired) electrons. The summed E-state index contributed by atoms with van der Waals surface area (Å²) in [5, 5.41) is 1.20. The van der Waals surface area contributed by atoms with Crippen molar-refractivity contribution in [1.29, 1.82) is 0 Å². The summed E-state index contributed by atoms with van der Waals surface area (Å²) in [6.07, 6.45) is 8.60. The topological polar surface area (TPSA) is 4.93 Å². The maximum absolute atomic E-state index is 13.6. The first-order chi connectivity index (χ1) is 14.7. The molecular formula is C27H25F2N. The summed E-state index contributed by atoms with van der Waals surface area (Å²) in [5.74, 6) is -0.532. The first-order valence-corrected chi connectivity index (χ1v) is 10.4. The van der Waals surface area contributed by atoms with Crippen molar-refractivity contribution in [1.82, 2.24) is 4.57 Å². The van der Waals surface area contributed by atoms with Crippen LogP contribution in [0, 0.1) is 11.6 Å². The number of benzene rings is 3. The Morgan fingerprint density at radius 1 is 0.867 bits per heavy atom. The minimum atomic E-state index is -0.249. The van der Waals surface area contributed by atoms with Gasteiger partial charge in [-0.1, -0.05) is 68.0 Å². The lowest BCUT2D eigenvalue weighted by atomic mass is 9.90. The Morgan fingerprint density at radius 2 is 1.53 bits per heavy atom. The highest BCUT2D eigenvalue weighted by atomic mass is 19.1. The number of nitrogens with zero attached hydrogens (tertiary/aromatic N) is 1. The van der Waals surface area contributed by atoms with Gasteiger partial charge in [0.1, 0.15) is 11.6 Å². The number of halogens is 2. The zero-order chi connectivity index (χ0) is 20.9. The molecule has 3 heteroatoms. The highest BCUT2D eigenvalue weighted by Crippen LogP contribution is 2.34. The minimum Gasteiger partial charge on any atom is -0.347 e. The van der Waals surface area contributed by atoms with Crippen LogP contribution >= 0.6 is 0 Å². The van der Waals surface area contributed by atoms with Gasteiger partial charge in [-0.3, -0.25) is 0 Å². The van der Waals surface area contributed by atoms with Crippen molar-refractivity contribution < 1.29 is 8.78 Å². The molecule has 0 aliphatic carbocycles. The van der Waals surface area contributed by atoms with Crippen molar-refractivity contribution in [2.24, 2.45) is 0 Å². The molecule has 4 rings (SSSR count). The van der Waals surface area contributed by atoms with Crippen LogP contribution in [-0.2, 0) is 6.54 Å². The third-order valence-electron chi connectivity index (χ3n) is 5.49. The van der Waals surface area contributed by atoms with Crippen LogP contribution in [0.25, 0.3) is 17.0 Å². The normalized spacial score (nSPS) is 12.6. The van der Waals surface area contributed by atoms with Crippen molar-refractivity contribution in [2.75, 3.05) is 0 Å². The highest BCUT2D eigenvalue weighted by Gasteiger charge is 2.18. The number of rotatable bonds is 7. The Balaban J connectivity index is 1.81. The van der Waals surface area contributed by atoms with Crippen LogP contribution < -0.4 is 0 Å². The SMILES string of the molecule is CCCCn1cc(C(/C=C/c2ccc(F)cc2)c2ccc(F)cc2)c2ccccc21. The zero-order valence-electron chi connectivity index (χ0n) is 17.1. The lowest BCUT2D eigenvalue weighted by Crippen LogP contribution is -1.99. The predicted octanol–water partition coefficient (Wildman–Crippen LogP) is 7.56. The second-order valence-corrected chi connectivity index (χ2v) is 7.59. The predicted molar refractivity (Wildman–Crippen MR) is 121 cm³/mol. The lowest BCUT2D eigenvalue weighted by Gasteiger charge is -2.13. The Labute approximate surface area is 176 Å². The number of hydrogen-bond acceptors (Lipinski definition) is 0. The van der Waals surface area contributed by atoms with Crippen LogP contribution in [0.15, 0.2) is 85.1 Å². The van der Waals surface area contributed by atoms with E-state index in [1.165, 1.54) is 40.7 Å². The fourth-order valence-corrected chi connectivity index (χ4v) is 3.88. The summed E-state index contributed by atoms with van der Waals surface area (Å²) < 4.78 is 29.2. The van der Waals surface area contributed by atoms with E-state index < -0.39 is 0 Å². The second-order valence-electron chi connectivity index (χ2n) is 7.59. The monoisotopic (exact) mass is 401 g/mol. The molecule has 1 atom stereocenters. The maximum atomic E-state index is 13.6. The molecule has 0 spiro atoms. The van der Waals surface area contributed by atoms with Crippen LogP contribution in [0.4, 0.5) is 8.78 Å². The Bertz CT molecular complexity index is 1140. The first kappa shape index (κ1) is 20.1. The van der Waals surface area contributed by atoms with E-state index in [0.29, 0.717) is 0 Å². The van der Waals surface area contributed by atoms with E-state index in [9.17, 15) is 8.78 Å². The Kier molecular flexibility index (Phi) is 6.08. The third-order valence-corrected chi connectivity index (χ3v) is 5.49. The Morgan fingerprint density at radius 3 is 2.23 bits per heavy atom. The second kappa shape index (κ2) is 9.08. The van der Waals surface area contributed by atoms with E-state index in [0.717, 1.165) is 30.5 Å². The molecule has 152 valence electrons. The van der Waals surface area contributed by atoms with Gasteiger partial charge in [0, 0.05) is 29.6 Å². The number of unbranched alkanes of at least 4 members (excludes halogenated alkanes) is 1. The van der Waals surface area contributed by atoms with Gasteiger partial charge in [-0.05, 0) is 53.4 Å². The Hall–Kier alpha value is -3.20. The molecule has 4 aromatic rings. The van der Waals surface area contributed by atoms with Gasteiger partial charge in [0.2, 0.25) is 0 Å². The summed E-state index contributed by atoms with van der Waals surface area (Å²) in [6, 6.07) is 21.6. The van der Waals surface area contributed by atoms with Crippen LogP contribution in [0.5, 0.6) is 0 Å². The molecule has 3 aromatic carbocycles. The van der Waals surface area contributed by atoms with E-state index >= 15 is 0 Å². The number of para-hydroxylation sites is 1. The molecule has 0 amide bonds. The maximum Gasteiger partial charge on any atom is 0.123 e. The highest BCUT2D eigenvalue weighted by molar-refractivity contribution is 5.85. The molecule has 0 aliphatic heterocycles. The summed E-state index contributed by atoms with van der Waals surface area (Å²) in [7, 11) is 0. The molecule has 0 fully saturated rings. The van der Waals surface area contributed by atoms with Crippen molar-refractivity contribution in [3.05, 3.63) is 113 Å². The summed E-state index contributed by atoms with van der Waals surface area (Å²) in [5.41, 5.74) is 4.35. The van der Waals surface area contributed by atoms with Crippen LogP contribution in [-0.4, -0.2) is 4.57 Å². The molecule has 0 saturated heterocycles. The lowest BCUT2D eigenvalue weighted by molar-refractivity contribution is 0.626. The van der Waals surface area contributed by atoms with Gasteiger partial charge in [0.15, 0.2) is 0 Å². The zero-order valence-corrected chi connectivity index (χ0v) is 17.1. The van der Waals surface area contributed by atoms with E-state index in [1.807, 2.05) is 18.2 Å². The number of hydrogen-bond donors (Lipinski definition) is 0. The molecular weight excluding hydrogens is 376 g/mol. The average molecular weight is 402 g/mol. The smallest absolute Gasteiger partial charge is 0.123 e. The molecule has 1 aromatic heterocycles. The molecule has 1 heterocycles. The minimum absolute atomic E-state index is 0.0385.